The summed E-state index contributed by atoms with van der Waals surface area (Å²) < 4.78 is 0. The van der Waals surface area contributed by atoms with Crippen LogP contribution >= 0.6 is 0 Å². The average Bonchev–Trinajstić information content (AvgIpc) is 2.06. The van der Waals surface area contributed by atoms with E-state index in [1.807, 2.05) is 0 Å². The van der Waals surface area contributed by atoms with Crippen LogP contribution in [-0.4, -0.2) is 13.2 Å². The van der Waals surface area contributed by atoms with E-state index in [1.165, 1.54) is 12.8 Å². The Morgan fingerprint density at radius 2 is 1.67 bits per heavy atom. The lowest BCUT2D eigenvalue weighted by Gasteiger charge is -2.29. The molecule has 12 heavy (non-hydrogen) atoms. The fraction of sp³-hybridized carbons (Fsp3) is 1.00. The second-order valence-corrected chi connectivity index (χ2v) is 4.04. The van der Waals surface area contributed by atoms with Crippen LogP contribution in [0.25, 0.3) is 0 Å². The summed E-state index contributed by atoms with van der Waals surface area (Å²) in [4.78, 5) is 9.79. The minimum Gasteiger partial charge on any atom is -0.240 e. The van der Waals surface area contributed by atoms with Crippen LogP contribution in [0, 0.1) is 11.8 Å². The van der Waals surface area contributed by atoms with E-state index in [-0.39, 0.29) is 0 Å². The van der Waals surface area contributed by atoms with E-state index in [4.69, 9.17) is 4.89 Å². The second-order valence-electron chi connectivity index (χ2n) is 4.04. The molecule has 0 aliphatic heterocycles. The predicted octanol–water partition coefficient (Wildman–Crippen LogP) is 2.78. The van der Waals surface area contributed by atoms with E-state index >= 15 is 0 Å². The van der Waals surface area contributed by atoms with Crippen LogP contribution in [-0.2, 0) is 9.78 Å². The first-order valence-electron chi connectivity index (χ1n) is 4.93. The van der Waals surface area contributed by atoms with Crippen molar-refractivity contribution in [3.05, 3.63) is 0 Å². The largest absolute Gasteiger partial charge is 0.240 e. The first kappa shape index (κ1) is 10.0. The fourth-order valence-electron chi connectivity index (χ4n) is 1.99. The second kappa shape index (κ2) is 4.83. The minimum absolute atomic E-state index is 0.352. The summed E-state index contributed by atoms with van der Waals surface area (Å²) in [6.07, 6.45) is 5.27. The predicted molar refractivity (Wildman–Crippen MR) is 48.7 cm³/mol. The molecule has 0 spiro atoms. The molecule has 0 aromatic carbocycles. The molecule has 2 heteroatoms. The van der Waals surface area contributed by atoms with Crippen LogP contribution in [0.2, 0.25) is 0 Å². The molecule has 0 unspecified atom stereocenters. The van der Waals surface area contributed by atoms with Gasteiger partial charge in [0.2, 0.25) is 0 Å². The molecule has 0 radical (unpaired) electrons. The Bertz CT molecular complexity index is 115. The molecule has 72 valence electrons. The molecule has 0 saturated heterocycles. The van der Waals surface area contributed by atoms with Crippen LogP contribution in [0.5, 0.6) is 0 Å². The topological polar surface area (TPSA) is 18.5 Å². The third kappa shape index (κ3) is 2.76. The van der Waals surface area contributed by atoms with Gasteiger partial charge in [-0.15, -0.1) is 0 Å². The van der Waals surface area contributed by atoms with Crippen LogP contribution in [0.3, 0.4) is 0 Å². The summed E-state index contributed by atoms with van der Waals surface area (Å²) in [5.74, 6) is 1.73. The van der Waals surface area contributed by atoms with Gasteiger partial charge in [0.05, 0.1) is 13.2 Å². The lowest BCUT2D eigenvalue weighted by Crippen LogP contribution is -2.23. The third-order valence-electron chi connectivity index (χ3n) is 2.89. The molecule has 0 bridgehead atoms. The Morgan fingerprint density at radius 3 is 2.08 bits per heavy atom. The number of rotatable bonds is 3. The molecule has 1 aliphatic rings. The van der Waals surface area contributed by atoms with Gasteiger partial charge in [0.25, 0.3) is 0 Å². The average molecular weight is 172 g/mol. The van der Waals surface area contributed by atoms with E-state index in [9.17, 15) is 0 Å². The van der Waals surface area contributed by atoms with Crippen molar-refractivity contribution in [1.82, 2.24) is 0 Å². The van der Waals surface area contributed by atoms with Gasteiger partial charge in [-0.1, -0.05) is 13.8 Å². The van der Waals surface area contributed by atoms with E-state index < -0.39 is 0 Å². The third-order valence-corrected chi connectivity index (χ3v) is 2.89. The highest BCUT2D eigenvalue weighted by atomic mass is 17.2. The zero-order chi connectivity index (χ0) is 8.97. The van der Waals surface area contributed by atoms with Gasteiger partial charge in [-0.05, 0) is 37.5 Å². The van der Waals surface area contributed by atoms with Gasteiger partial charge in [0.15, 0.2) is 0 Å². The van der Waals surface area contributed by atoms with Crippen LogP contribution in [0.1, 0.15) is 39.5 Å². The van der Waals surface area contributed by atoms with Gasteiger partial charge in [-0.2, -0.15) is 0 Å². The quantitative estimate of drug-likeness (QED) is 0.481. The van der Waals surface area contributed by atoms with Crippen LogP contribution in [0.15, 0.2) is 0 Å². The van der Waals surface area contributed by atoms with Gasteiger partial charge < -0.3 is 0 Å². The van der Waals surface area contributed by atoms with Crippen molar-refractivity contribution in [3.8, 4) is 0 Å². The summed E-state index contributed by atoms with van der Waals surface area (Å²) in [7, 11) is 1.59. The molecule has 1 fully saturated rings. The summed E-state index contributed by atoms with van der Waals surface area (Å²) in [6, 6.07) is 0. The van der Waals surface area contributed by atoms with E-state index in [2.05, 4.69) is 18.7 Å². The van der Waals surface area contributed by atoms with Crippen molar-refractivity contribution in [2.45, 2.75) is 45.6 Å². The SMILES string of the molecule is COOC1CCC(C(C)C)CC1. The zero-order valence-electron chi connectivity index (χ0n) is 8.38. The van der Waals surface area contributed by atoms with Crippen LogP contribution in [0.4, 0.5) is 0 Å². The molecule has 0 atom stereocenters. The normalized spacial score (nSPS) is 31.0. The first-order chi connectivity index (χ1) is 5.74. The van der Waals surface area contributed by atoms with Crippen LogP contribution < -0.4 is 0 Å². The van der Waals surface area contributed by atoms with Gasteiger partial charge in [-0.25, -0.2) is 9.78 Å². The van der Waals surface area contributed by atoms with Crippen molar-refractivity contribution in [1.29, 1.82) is 0 Å². The molecule has 0 heterocycles. The Hall–Kier alpha value is -0.0800. The molecule has 1 rings (SSSR count). The van der Waals surface area contributed by atoms with Gasteiger partial charge in [-0.3, -0.25) is 0 Å². The Labute approximate surface area is 75.2 Å². The smallest absolute Gasteiger partial charge is 0.0930 e. The molecule has 0 aromatic rings. The van der Waals surface area contributed by atoms with Crippen molar-refractivity contribution in [3.63, 3.8) is 0 Å². The van der Waals surface area contributed by atoms with Crippen molar-refractivity contribution in [2.24, 2.45) is 11.8 Å². The summed E-state index contributed by atoms with van der Waals surface area (Å²) in [5.41, 5.74) is 0. The zero-order valence-corrected chi connectivity index (χ0v) is 8.38. The highest BCUT2D eigenvalue weighted by Crippen LogP contribution is 2.31. The highest BCUT2D eigenvalue weighted by Gasteiger charge is 2.23. The van der Waals surface area contributed by atoms with Crippen molar-refractivity contribution < 1.29 is 9.78 Å². The van der Waals surface area contributed by atoms with Crippen molar-refractivity contribution in [2.75, 3.05) is 7.11 Å². The summed E-state index contributed by atoms with van der Waals surface area (Å²) in [6.45, 7) is 4.62. The molecule has 2 nitrogen and oxygen atoms in total. The van der Waals surface area contributed by atoms with Gasteiger partial charge >= 0.3 is 0 Å². The fourth-order valence-corrected chi connectivity index (χ4v) is 1.99. The Morgan fingerprint density at radius 1 is 1.08 bits per heavy atom. The summed E-state index contributed by atoms with van der Waals surface area (Å²) >= 11 is 0. The number of hydrogen-bond acceptors (Lipinski definition) is 2. The molecular formula is C10H20O2. The molecule has 0 amide bonds. The Kier molecular flexibility index (Phi) is 4.02. The molecule has 1 saturated carbocycles. The van der Waals surface area contributed by atoms with E-state index in [1.54, 1.807) is 7.11 Å². The lowest BCUT2D eigenvalue weighted by atomic mass is 9.81. The summed E-state index contributed by atoms with van der Waals surface area (Å²) in [5, 5.41) is 0. The maximum absolute atomic E-state index is 5.11. The highest BCUT2D eigenvalue weighted by molar-refractivity contribution is 4.73. The van der Waals surface area contributed by atoms with Gasteiger partial charge in [0.1, 0.15) is 0 Å². The van der Waals surface area contributed by atoms with E-state index in [0.717, 1.165) is 24.7 Å². The maximum Gasteiger partial charge on any atom is 0.0930 e. The molecular weight excluding hydrogens is 152 g/mol. The molecule has 1 aliphatic carbocycles. The molecule has 0 aromatic heterocycles. The van der Waals surface area contributed by atoms with Crippen molar-refractivity contribution >= 4 is 0 Å². The maximum atomic E-state index is 5.11. The standard InChI is InChI=1S/C10H20O2/c1-8(2)9-4-6-10(7-5-9)12-11-3/h8-10H,4-7H2,1-3H3. The van der Waals surface area contributed by atoms with E-state index in [0.29, 0.717) is 6.10 Å². The minimum atomic E-state index is 0.352. The monoisotopic (exact) mass is 172 g/mol. The number of hydrogen-bond donors (Lipinski definition) is 0. The van der Waals surface area contributed by atoms with Gasteiger partial charge in [0, 0.05) is 0 Å². The first-order valence-corrected chi connectivity index (χ1v) is 4.93. The molecule has 0 N–H and O–H groups in total. The lowest BCUT2D eigenvalue weighted by molar-refractivity contribution is -0.310. The Balaban J connectivity index is 2.20.